The van der Waals surface area contributed by atoms with Gasteiger partial charge in [0.05, 0.1) is 29.0 Å². The highest BCUT2D eigenvalue weighted by atomic mass is 79.9. The molecule has 86 valence electrons. The van der Waals surface area contributed by atoms with Crippen LogP contribution in [-0.4, -0.2) is 4.98 Å². The average Bonchev–Trinajstić information content (AvgIpc) is 2.73. The van der Waals surface area contributed by atoms with Crippen molar-refractivity contribution in [3.8, 4) is 6.07 Å². The van der Waals surface area contributed by atoms with E-state index in [-0.39, 0.29) is 0 Å². The van der Waals surface area contributed by atoms with Crippen LogP contribution in [0.3, 0.4) is 0 Å². The summed E-state index contributed by atoms with van der Waals surface area (Å²) < 4.78 is 0.911. The van der Waals surface area contributed by atoms with Crippen molar-refractivity contribution in [2.45, 2.75) is 13.5 Å². The van der Waals surface area contributed by atoms with Crippen LogP contribution in [0.5, 0.6) is 0 Å². The third-order valence-corrected chi connectivity index (χ3v) is 3.81. The fourth-order valence-corrected chi connectivity index (χ4v) is 2.51. The second-order valence-electron chi connectivity index (χ2n) is 3.52. The second-order valence-corrected chi connectivity index (χ2v) is 5.37. The minimum Gasteiger partial charge on any atom is -0.379 e. The molecule has 1 N–H and O–H groups in total. The summed E-state index contributed by atoms with van der Waals surface area (Å²) in [5, 5.41) is 12.3. The van der Waals surface area contributed by atoms with Crippen molar-refractivity contribution in [3.63, 3.8) is 0 Å². The van der Waals surface area contributed by atoms with E-state index in [2.05, 4.69) is 32.3 Å². The monoisotopic (exact) mass is 307 g/mol. The SMILES string of the molecule is Cc1ncsc1CNc1ccc(Br)cc1C#N. The van der Waals surface area contributed by atoms with Crippen LogP contribution in [0, 0.1) is 18.3 Å². The maximum Gasteiger partial charge on any atom is 0.101 e. The van der Waals surface area contributed by atoms with Crippen LogP contribution in [-0.2, 0) is 6.54 Å². The van der Waals surface area contributed by atoms with Gasteiger partial charge >= 0.3 is 0 Å². The normalized spacial score (nSPS) is 9.94. The molecule has 1 heterocycles. The quantitative estimate of drug-likeness (QED) is 0.940. The topological polar surface area (TPSA) is 48.7 Å². The van der Waals surface area contributed by atoms with Crippen LogP contribution in [0.4, 0.5) is 5.69 Å². The van der Waals surface area contributed by atoms with Crippen molar-refractivity contribution in [2.75, 3.05) is 5.32 Å². The molecule has 0 saturated carbocycles. The predicted octanol–water partition coefficient (Wildman–Crippen LogP) is 3.70. The summed E-state index contributed by atoms with van der Waals surface area (Å²) in [6, 6.07) is 7.80. The Morgan fingerprint density at radius 3 is 3.00 bits per heavy atom. The van der Waals surface area contributed by atoms with Gasteiger partial charge in [0.2, 0.25) is 0 Å². The van der Waals surface area contributed by atoms with Crippen molar-refractivity contribution in [1.29, 1.82) is 5.26 Å². The van der Waals surface area contributed by atoms with Crippen LogP contribution in [0.2, 0.25) is 0 Å². The highest BCUT2D eigenvalue weighted by Gasteiger charge is 2.05. The molecule has 0 bridgehead atoms. The van der Waals surface area contributed by atoms with Crippen molar-refractivity contribution < 1.29 is 0 Å². The van der Waals surface area contributed by atoms with Crippen LogP contribution < -0.4 is 5.32 Å². The van der Waals surface area contributed by atoms with Gasteiger partial charge in [-0.25, -0.2) is 4.98 Å². The number of aryl methyl sites for hydroxylation is 1. The molecular formula is C12H10BrN3S. The Bertz CT molecular complexity index is 571. The molecule has 3 nitrogen and oxygen atoms in total. The van der Waals surface area contributed by atoms with Gasteiger partial charge in [-0.05, 0) is 25.1 Å². The molecule has 0 unspecified atom stereocenters. The highest BCUT2D eigenvalue weighted by molar-refractivity contribution is 9.10. The van der Waals surface area contributed by atoms with Crippen LogP contribution in [0.1, 0.15) is 16.1 Å². The molecule has 2 rings (SSSR count). The Morgan fingerprint density at radius 2 is 2.35 bits per heavy atom. The summed E-state index contributed by atoms with van der Waals surface area (Å²) >= 11 is 4.97. The lowest BCUT2D eigenvalue weighted by Gasteiger charge is -2.07. The number of anilines is 1. The molecule has 5 heteroatoms. The third-order valence-electron chi connectivity index (χ3n) is 2.39. The van der Waals surface area contributed by atoms with Crippen molar-refractivity contribution in [2.24, 2.45) is 0 Å². The standard InChI is InChI=1S/C12H10BrN3S/c1-8-12(17-7-16-8)6-15-11-3-2-10(13)4-9(11)5-14/h2-4,7,15H,6H2,1H3. The van der Waals surface area contributed by atoms with E-state index < -0.39 is 0 Å². The van der Waals surface area contributed by atoms with Crippen molar-refractivity contribution >= 4 is 33.0 Å². The lowest BCUT2D eigenvalue weighted by Crippen LogP contribution is -2.01. The lowest BCUT2D eigenvalue weighted by molar-refractivity contribution is 1.12. The number of rotatable bonds is 3. The molecule has 1 aromatic carbocycles. The number of benzene rings is 1. The first-order valence-electron chi connectivity index (χ1n) is 5.03. The van der Waals surface area contributed by atoms with Gasteiger partial charge in [-0.15, -0.1) is 11.3 Å². The predicted molar refractivity (Wildman–Crippen MR) is 73.0 cm³/mol. The summed E-state index contributed by atoms with van der Waals surface area (Å²) in [4.78, 5) is 5.38. The van der Waals surface area contributed by atoms with Gasteiger partial charge in [0.25, 0.3) is 0 Å². The Hall–Kier alpha value is -1.38. The highest BCUT2D eigenvalue weighted by Crippen LogP contribution is 2.22. The van der Waals surface area contributed by atoms with E-state index in [0.29, 0.717) is 12.1 Å². The number of halogens is 1. The maximum absolute atomic E-state index is 9.03. The first kappa shape index (κ1) is 12.1. The van der Waals surface area contributed by atoms with Gasteiger partial charge in [0, 0.05) is 9.35 Å². The molecule has 0 radical (unpaired) electrons. The number of nitriles is 1. The summed E-state index contributed by atoms with van der Waals surface area (Å²) in [6.45, 7) is 2.69. The zero-order valence-electron chi connectivity index (χ0n) is 9.20. The fraction of sp³-hybridized carbons (Fsp3) is 0.167. The Balaban J connectivity index is 2.15. The van der Waals surface area contributed by atoms with Gasteiger partial charge in [-0.1, -0.05) is 15.9 Å². The number of hydrogen-bond acceptors (Lipinski definition) is 4. The van der Waals surface area contributed by atoms with Gasteiger partial charge in [0.15, 0.2) is 0 Å². The smallest absolute Gasteiger partial charge is 0.101 e. The largest absolute Gasteiger partial charge is 0.379 e. The maximum atomic E-state index is 9.03. The number of aromatic nitrogens is 1. The van der Waals surface area contributed by atoms with E-state index in [1.54, 1.807) is 11.3 Å². The molecule has 17 heavy (non-hydrogen) atoms. The molecule has 0 spiro atoms. The van der Waals surface area contributed by atoms with Crippen molar-refractivity contribution in [3.05, 3.63) is 44.3 Å². The Kier molecular flexibility index (Phi) is 3.77. The molecule has 2 aromatic rings. The molecule has 0 atom stereocenters. The fourth-order valence-electron chi connectivity index (χ4n) is 1.43. The lowest BCUT2D eigenvalue weighted by atomic mass is 10.2. The number of hydrogen-bond donors (Lipinski definition) is 1. The first-order chi connectivity index (χ1) is 8.20. The molecule has 0 saturated heterocycles. The number of nitrogens with zero attached hydrogens (tertiary/aromatic N) is 2. The minimum atomic E-state index is 0.640. The third kappa shape index (κ3) is 2.84. The van der Waals surface area contributed by atoms with Crippen LogP contribution >= 0.6 is 27.3 Å². The summed E-state index contributed by atoms with van der Waals surface area (Å²) in [5.41, 5.74) is 4.36. The van der Waals surface area contributed by atoms with E-state index >= 15 is 0 Å². The molecule has 0 aliphatic carbocycles. The van der Waals surface area contributed by atoms with Gasteiger partial charge < -0.3 is 5.32 Å². The number of nitrogens with one attached hydrogen (secondary N) is 1. The molecule has 0 fully saturated rings. The summed E-state index contributed by atoms with van der Waals surface area (Å²) in [7, 11) is 0. The number of thiazole rings is 1. The van der Waals surface area contributed by atoms with Gasteiger partial charge in [-0.2, -0.15) is 5.26 Å². The molecule has 0 amide bonds. The minimum absolute atomic E-state index is 0.640. The summed E-state index contributed by atoms with van der Waals surface area (Å²) in [6.07, 6.45) is 0. The summed E-state index contributed by atoms with van der Waals surface area (Å²) in [5.74, 6) is 0. The first-order valence-corrected chi connectivity index (χ1v) is 6.70. The van der Waals surface area contributed by atoms with E-state index in [0.717, 1.165) is 15.9 Å². The van der Waals surface area contributed by atoms with E-state index in [9.17, 15) is 0 Å². The molecular weight excluding hydrogens is 298 g/mol. The molecule has 0 aliphatic rings. The molecule has 1 aromatic heterocycles. The zero-order valence-corrected chi connectivity index (χ0v) is 11.6. The zero-order chi connectivity index (χ0) is 12.3. The van der Waals surface area contributed by atoms with Crippen LogP contribution in [0.15, 0.2) is 28.2 Å². The average molecular weight is 308 g/mol. The Morgan fingerprint density at radius 1 is 1.53 bits per heavy atom. The van der Waals surface area contributed by atoms with Gasteiger partial charge in [0.1, 0.15) is 6.07 Å². The van der Waals surface area contributed by atoms with E-state index in [4.69, 9.17) is 5.26 Å². The van der Waals surface area contributed by atoms with Crippen LogP contribution in [0.25, 0.3) is 0 Å². The molecule has 0 aliphatic heterocycles. The van der Waals surface area contributed by atoms with Crippen molar-refractivity contribution in [1.82, 2.24) is 4.98 Å². The Labute approximate surface area is 112 Å². The van der Waals surface area contributed by atoms with Gasteiger partial charge in [-0.3, -0.25) is 0 Å². The second kappa shape index (κ2) is 5.30. The van der Waals surface area contributed by atoms with E-state index in [1.807, 2.05) is 30.6 Å². The van der Waals surface area contributed by atoms with E-state index in [1.165, 1.54) is 4.88 Å².